The molecule has 0 aliphatic rings. The fourth-order valence-corrected chi connectivity index (χ4v) is 14.0. The van der Waals surface area contributed by atoms with E-state index in [9.17, 15) is 9.13 Å². The average Bonchev–Trinajstić information content (AvgIpc) is 2.69. The van der Waals surface area contributed by atoms with Crippen molar-refractivity contribution in [2.45, 2.75) is 55.4 Å². The van der Waals surface area contributed by atoms with Crippen LogP contribution in [0.25, 0.3) is 0 Å². The number of phosphoric ester groups is 1. The Labute approximate surface area is 219 Å². The van der Waals surface area contributed by atoms with Crippen molar-refractivity contribution in [3.05, 3.63) is 0 Å². The van der Waals surface area contributed by atoms with Crippen LogP contribution in [0.2, 0.25) is 0 Å². The van der Waals surface area contributed by atoms with Crippen LogP contribution in [0, 0.1) is 0 Å². The molecule has 0 saturated carbocycles. The topological polar surface area (TPSA) is 117 Å². The van der Waals surface area contributed by atoms with Gasteiger partial charge in [-0.3, -0.25) is 9.05 Å². The van der Waals surface area contributed by atoms with Crippen LogP contribution in [0.3, 0.4) is 0 Å². The Morgan fingerprint density at radius 2 is 0.853 bits per heavy atom. The summed E-state index contributed by atoms with van der Waals surface area (Å²) < 4.78 is 70.9. The molecule has 0 aromatic carbocycles. The van der Waals surface area contributed by atoms with Crippen molar-refractivity contribution in [1.29, 1.82) is 0 Å². The molecule has 0 bridgehead atoms. The average molecular weight is 629 g/mol. The monoisotopic (exact) mass is 628 g/mol. The highest BCUT2D eigenvalue weighted by atomic mass is 32.7. The van der Waals surface area contributed by atoms with Gasteiger partial charge in [0.05, 0.1) is 46.2 Å². The summed E-state index contributed by atoms with van der Waals surface area (Å²) in [4.78, 5) is 0. The molecule has 34 heavy (non-hydrogen) atoms. The molecule has 0 rings (SSSR count). The molecule has 0 saturated heterocycles. The van der Waals surface area contributed by atoms with E-state index in [-0.39, 0.29) is 19.8 Å². The maximum atomic E-state index is 12.2. The molecule has 0 aromatic rings. The van der Waals surface area contributed by atoms with E-state index in [0.29, 0.717) is 32.2 Å². The summed E-state index contributed by atoms with van der Waals surface area (Å²) in [5, 5.41) is 0. The van der Waals surface area contributed by atoms with Gasteiger partial charge in [-0.15, -0.1) is 0 Å². The van der Waals surface area contributed by atoms with Gasteiger partial charge in [0.1, 0.15) is 0 Å². The van der Waals surface area contributed by atoms with Gasteiger partial charge >= 0.3 is 28.1 Å². The molecule has 0 spiro atoms. The normalized spacial score (nSPS) is 14.4. The van der Waals surface area contributed by atoms with E-state index in [0.717, 1.165) is 11.4 Å². The van der Waals surface area contributed by atoms with Gasteiger partial charge in [-0.05, 0) is 83.5 Å². The highest BCUT2D eigenvalue weighted by Gasteiger charge is 2.38. The predicted molar refractivity (Wildman–Crippen MR) is 145 cm³/mol. The van der Waals surface area contributed by atoms with Crippen molar-refractivity contribution in [3.8, 4) is 0 Å². The van der Waals surface area contributed by atoms with Crippen molar-refractivity contribution in [1.82, 2.24) is 0 Å². The van der Waals surface area contributed by atoms with Crippen LogP contribution in [0.4, 0.5) is 0 Å². The first-order chi connectivity index (χ1) is 15.9. The highest BCUT2D eigenvalue weighted by molar-refractivity contribution is 8.55. The minimum atomic E-state index is -3.81. The lowest BCUT2D eigenvalue weighted by Crippen LogP contribution is -2.03. The molecule has 0 heterocycles. The van der Waals surface area contributed by atoms with E-state index in [4.69, 9.17) is 63.9 Å². The van der Waals surface area contributed by atoms with Crippen LogP contribution >= 0.6 is 39.4 Å². The molecular formula is C16H40O11P4S3. The summed E-state index contributed by atoms with van der Waals surface area (Å²) >= 11 is 11.4. The Morgan fingerprint density at radius 3 is 1.12 bits per heavy atom. The molecule has 0 aliphatic carbocycles. The summed E-state index contributed by atoms with van der Waals surface area (Å²) in [6, 6.07) is 0. The van der Waals surface area contributed by atoms with E-state index in [1.807, 2.05) is 27.7 Å². The maximum absolute atomic E-state index is 12.2. The van der Waals surface area contributed by atoms with E-state index < -0.39 is 28.1 Å². The van der Waals surface area contributed by atoms with Crippen molar-refractivity contribution < 1.29 is 49.4 Å². The van der Waals surface area contributed by atoms with Gasteiger partial charge in [-0.2, -0.15) is 4.31 Å². The van der Waals surface area contributed by atoms with Crippen LogP contribution in [0.15, 0.2) is 0 Å². The lowest BCUT2D eigenvalue weighted by molar-refractivity contribution is 0.159. The van der Waals surface area contributed by atoms with Gasteiger partial charge in [0, 0.05) is 5.75 Å². The molecule has 18 heteroatoms. The second-order valence-electron chi connectivity index (χ2n) is 5.29. The fraction of sp³-hybridized carbons (Fsp3) is 1.00. The van der Waals surface area contributed by atoms with Gasteiger partial charge in [0.25, 0.3) is 0 Å². The third-order valence-corrected chi connectivity index (χ3v) is 15.6. The van der Waals surface area contributed by atoms with Crippen molar-refractivity contribution in [2.75, 3.05) is 52.0 Å². The van der Waals surface area contributed by atoms with Gasteiger partial charge < -0.3 is 22.6 Å². The molecule has 0 amide bonds. The first-order valence-electron chi connectivity index (χ1n) is 10.9. The van der Waals surface area contributed by atoms with Crippen molar-refractivity contribution in [3.63, 3.8) is 0 Å². The van der Waals surface area contributed by atoms with E-state index in [1.54, 1.807) is 27.7 Å². The van der Waals surface area contributed by atoms with Gasteiger partial charge in [0.2, 0.25) is 0 Å². The third kappa shape index (κ3) is 17.3. The lowest BCUT2D eigenvalue weighted by atomic mass is 10.9. The standard InChI is InChI=1S/C8H20O6P2S.C8H20O5P2S2/c1-5-11-15(9,12-6-2)14-16(10,13-7-3)17-8-4;1-5-9-14(16,10-6-2)13-15(17,11-7-3)12-8-4/h2*5-8H2,1-4H3. The number of phosphoric acid groups is 1. The molecule has 1 unspecified atom stereocenters. The Bertz CT molecular complexity index is 560. The fourth-order valence-electron chi connectivity index (χ4n) is 1.85. The Hall–Kier alpha value is 1.75. The molecule has 0 N–H and O–H groups in total. The molecule has 1 atom stereocenters. The van der Waals surface area contributed by atoms with Crippen LogP contribution in [-0.2, 0) is 73.0 Å². The van der Waals surface area contributed by atoms with Crippen LogP contribution < -0.4 is 0 Å². The quantitative estimate of drug-likeness (QED) is 0.123. The smallest absolute Gasteiger partial charge is 0.309 e. The number of rotatable bonds is 20. The van der Waals surface area contributed by atoms with Crippen molar-refractivity contribution >= 4 is 63.1 Å². The second-order valence-corrected chi connectivity index (χ2v) is 17.6. The Morgan fingerprint density at radius 1 is 0.529 bits per heavy atom. The molecule has 0 radical (unpaired) electrons. The predicted octanol–water partition coefficient (Wildman–Crippen LogP) is 7.68. The van der Waals surface area contributed by atoms with Crippen LogP contribution in [0.1, 0.15) is 55.4 Å². The zero-order valence-corrected chi connectivity index (χ0v) is 27.2. The molecule has 0 aromatic heterocycles. The Balaban J connectivity index is 0. The third-order valence-electron chi connectivity index (χ3n) is 2.70. The maximum Gasteiger partial charge on any atom is 0.482 e. The first kappa shape index (κ1) is 37.9. The summed E-state index contributed by atoms with van der Waals surface area (Å²) in [7, 11) is -3.81. The SMILES string of the molecule is CCOP(=O)(OCC)OP(=O)(OCC)SCC.CCOP(=S)(OCC)OP(=S)(OCC)OCC. The largest absolute Gasteiger partial charge is 0.482 e. The lowest BCUT2D eigenvalue weighted by Gasteiger charge is -2.27. The van der Waals surface area contributed by atoms with Crippen molar-refractivity contribution in [2.24, 2.45) is 0 Å². The van der Waals surface area contributed by atoms with E-state index in [1.165, 1.54) is 0 Å². The minimum Gasteiger partial charge on any atom is -0.309 e. The van der Waals surface area contributed by atoms with Gasteiger partial charge in [-0.25, -0.2) is 13.4 Å². The summed E-state index contributed by atoms with van der Waals surface area (Å²) in [6.07, 6.45) is 0. The summed E-state index contributed by atoms with van der Waals surface area (Å²) in [5.74, 6) is 0.509. The van der Waals surface area contributed by atoms with E-state index in [2.05, 4.69) is 0 Å². The Kier molecular flexibility index (Phi) is 23.1. The zero-order valence-electron chi connectivity index (χ0n) is 21.2. The molecule has 11 nitrogen and oxygen atoms in total. The number of hydrogen-bond acceptors (Lipinski definition) is 14. The minimum absolute atomic E-state index is 0.139. The number of hydrogen-bond donors (Lipinski definition) is 0. The summed E-state index contributed by atoms with van der Waals surface area (Å²) in [5.41, 5.74) is 0. The van der Waals surface area contributed by atoms with Gasteiger partial charge in [0.15, 0.2) is 0 Å². The van der Waals surface area contributed by atoms with Crippen LogP contribution in [-0.4, -0.2) is 52.0 Å². The zero-order chi connectivity index (χ0) is 26.7. The van der Waals surface area contributed by atoms with E-state index >= 15 is 0 Å². The highest BCUT2D eigenvalue weighted by Crippen LogP contribution is 2.71. The van der Waals surface area contributed by atoms with Crippen LogP contribution in [0.5, 0.6) is 0 Å². The molecule has 0 fully saturated rings. The molecule has 0 aliphatic heterocycles. The van der Waals surface area contributed by atoms with Gasteiger partial charge in [-0.1, -0.05) is 6.92 Å². The molecular weight excluding hydrogens is 588 g/mol. The first-order valence-corrected chi connectivity index (χ1v) is 20.6. The summed E-state index contributed by atoms with van der Waals surface area (Å²) in [6.45, 7) is 6.83. The second kappa shape index (κ2) is 20.7. The molecule has 208 valence electrons.